The largest absolute Gasteiger partial charge is 0.463 e. The highest BCUT2D eigenvalue weighted by Gasteiger charge is 2.36. The topological polar surface area (TPSA) is 69.4 Å². The molecule has 2 atom stereocenters. The van der Waals surface area contributed by atoms with Crippen molar-refractivity contribution in [3.05, 3.63) is 76.2 Å². The zero-order chi connectivity index (χ0) is 30.1. The van der Waals surface area contributed by atoms with Crippen molar-refractivity contribution < 1.29 is 9.53 Å². The second-order valence-corrected chi connectivity index (χ2v) is 12.4. The van der Waals surface area contributed by atoms with Crippen molar-refractivity contribution in [2.24, 2.45) is 5.92 Å². The lowest BCUT2D eigenvalue weighted by molar-refractivity contribution is -0.129. The second-order valence-electron chi connectivity index (χ2n) is 12.0. The fourth-order valence-electron chi connectivity index (χ4n) is 6.64. The van der Waals surface area contributed by atoms with Crippen LogP contribution >= 0.6 is 11.6 Å². The molecule has 0 spiro atoms. The highest BCUT2D eigenvalue weighted by Crippen LogP contribution is 2.37. The number of benzene rings is 2. The normalized spacial score (nSPS) is 20.7. The molecule has 6 rings (SSSR count). The number of piperazine rings is 1. The number of fused-ring (bicyclic) bond motifs is 2. The van der Waals surface area contributed by atoms with Crippen molar-refractivity contribution in [2.45, 2.75) is 32.4 Å². The Labute approximate surface area is 258 Å². The molecule has 9 nitrogen and oxygen atoms in total. The lowest BCUT2D eigenvalue weighted by atomic mass is 10.0. The zero-order valence-electron chi connectivity index (χ0n) is 24.9. The number of carbonyl (C=O) groups excluding carboxylic acids is 1. The van der Waals surface area contributed by atoms with Gasteiger partial charge in [-0.3, -0.25) is 4.79 Å². The van der Waals surface area contributed by atoms with Crippen molar-refractivity contribution in [1.29, 1.82) is 0 Å². The molecule has 1 amide bonds. The molecule has 2 saturated heterocycles. The minimum Gasteiger partial charge on any atom is -0.463 e. The Bertz CT molecular complexity index is 1580. The SMILES string of the molecule is [C-]#[N+]C[C@H]1CN(c2nc(OC[C@@H]3CCN(C)C3)nc3c2CCN(c2cccc4cccc(Cl)c24)C3)CCN1C(=O)C(=C)C. The number of nitrogens with zero attached hydrogens (tertiary/aromatic N) is 7. The number of carbonyl (C=O) groups is 1. The standard InChI is InChI=1S/C33H38ClN7O2/c1-22(2)32(42)41-16-15-40(19-25(41)17-35-3)31-26-12-14-39(29-10-6-8-24-7-5-9-27(34)30(24)29)20-28(26)36-33(37-31)43-21-23-11-13-38(4)18-23/h5-10,23,25H,1,11-21H2,2,4H3/t23-,25+/m1/s1. The van der Waals surface area contributed by atoms with Gasteiger partial charge in [-0.15, -0.1) is 0 Å². The quantitative estimate of drug-likeness (QED) is 0.288. The van der Waals surface area contributed by atoms with E-state index in [2.05, 4.69) is 57.4 Å². The lowest BCUT2D eigenvalue weighted by Gasteiger charge is -2.41. The van der Waals surface area contributed by atoms with E-state index in [4.69, 9.17) is 32.9 Å². The summed E-state index contributed by atoms with van der Waals surface area (Å²) in [5, 5.41) is 2.89. The van der Waals surface area contributed by atoms with E-state index in [0.717, 1.165) is 71.0 Å². The second kappa shape index (κ2) is 12.4. The minimum atomic E-state index is -0.239. The molecule has 0 aliphatic carbocycles. The van der Waals surface area contributed by atoms with Crippen molar-refractivity contribution in [3.8, 4) is 6.01 Å². The number of halogens is 1. The Kier molecular flexibility index (Phi) is 8.42. The molecule has 0 radical (unpaired) electrons. The third-order valence-electron chi connectivity index (χ3n) is 8.84. The maximum Gasteiger partial charge on any atom is 0.318 e. The smallest absolute Gasteiger partial charge is 0.318 e. The number of aromatic nitrogens is 2. The molecule has 3 aliphatic heterocycles. The van der Waals surface area contributed by atoms with Crippen molar-refractivity contribution in [1.82, 2.24) is 19.8 Å². The average molecular weight is 600 g/mol. The Hall–Kier alpha value is -3.87. The highest BCUT2D eigenvalue weighted by atomic mass is 35.5. The summed E-state index contributed by atoms with van der Waals surface area (Å²) in [6, 6.07) is 12.5. The average Bonchev–Trinajstić information content (AvgIpc) is 3.43. The summed E-state index contributed by atoms with van der Waals surface area (Å²) in [4.78, 5) is 35.2. The van der Waals surface area contributed by atoms with Crippen LogP contribution in [0.5, 0.6) is 6.01 Å². The molecule has 2 aromatic carbocycles. The summed E-state index contributed by atoms with van der Waals surface area (Å²) >= 11 is 6.70. The van der Waals surface area contributed by atoms with Crippen LogP contribution < -0.4 is 14.5 Å². The molecule has 0 unspecified atom stereocenters. The van der Waals surface area contributed by atoms with Crippen molar-refractivity contribution in [3.63, 3.8) is 0 Å². The number of amides is 1. The van der Waals surface area contributed by atoms with E-state index >= 15 is 0 Å². The first-order chi connectivity index (χ1) is 20.8. The summed E-state index contributed by atoms with van der Waals surface area (Å²) in [6.45, 7) is 19.1. The van der Waals surface area contributed by atoms with Crippen LogP contribution in [0, 0.1) is 12.5 Å². The predicted molar refractivity (Wildman–Crippen MR) is 171 cm³/mol. The molecule has 2 fully saturated rings. The Morgan fingerprint density at radius 2 is 1.93 bits per heavy atom. The monoisotopic (exact) mass is 599 g/mol. The van der Waals surface area contributed by atoms with Gasteiger partial charge >= 0.3 is 6.01 Å². The van der Waals surface area contributed by atoms with E-state index in [-0.39, 0.29) is 18.5 Å². The molecule has 4 heterocycles. The minimum absolute atomic E-state index is 0.0899. The Morgan fingerprint density at radius 1 is 1.12 bits per heavy atom. The van der Waals surface area contributed by atoms with Gasteiger partial charge in [0.25, 0.3) is 0 Å². The first kappa shape index (κ1) is 29.2. The molecule has 3 aliphatic rings. The predicted octanol–water partition coefficient (Wildman–Crippen LogP) is 4.69. The van der Waals surface area contributed by atoms with Gasteiger partial charge in [0.05, 0.1) is 23.9 Å². The van der Waals surface area contributed by atoms with E-state index in [1.165, 1.54) is 0 Å². The van der Waals surface area contributed by atoms with E-state index in [1.54, 1.807) is 11.8 Å². The van der Waals surface area contributed by atoms with Gasteiger partial charge < -0.3 is 29.2 Å². The highest BCUT2D eigenvalue weighted by molar-refractivity contribution is 6.36. The maximum absolute atomic E-state index is 12.9. The van der Waals surface area contributed by atoms with E-state index < -0.39 is 0 Å². The van der Waals surface area contributed by atoms with Crippen LogP contribution in [0.2, 0.25) is 5.02 Å². The van der Waals surface area contributed by atoms with Crippen LogP contribution in [0.4, 0.5) is 11.5 Å². The summed E-state index contributed by atoms with van der Waals surface area (Å²) in [5.41, 5.74) is 3.64. The Morgan fingerprint density at radius 3 is 2.67 bits per heavy atom. The number of rotatable bonds is 7. The van der Waals surface area contributed by atoms with E-state index in [0.29, 0.717) is 50.3 Å². The van der Waals surface area contributed by atoms with Crippen molar-refractivity contribution >= 4 is 39.8 Å². The number of hydrogen-bond donors (Lipinski definition) is 0. The fourth-order valence-corrected chi connectivity index (χ4v) is 6.92. The molecule has 3 aromatic rings. The third kappa shape index (κ3) is 5.99. The molecule has 224 valence electrons. The Balaban J connectivity index is 1.33. The number of hydrogen-bond acceptors (Lipinski definition) is 7. The van der Waals surface area contributed by atoms with Crippen LogP contribution in [0.25, 0.3) is 15.6 Å². The van der Waals surface area contributed by atoms with E-state index in [1.807, 2.05) is 12.1 Å². The first-order valence-electron chi connectivity index (χ1n) is 15.0. The molecule has 43 heavy (non-hydrogen) atoms. The molecule has 0 saturated carbocycles. The van der Waals surface area contributed by atoms with Gasteiger partial charge in [-0.2, -0.15) is 9.97 Å². The van der Waals surface area contributed by atoms with Gasteiger partial charge in [-0.25, -0.2) is 6.57 Å². The fraction of sp³-hybridized carbons (Fsp3) is 0.455. The van der Waals surface area contributed by atoms with Crippen LogP contribution in [0.3, 0.4) is 0 Å². The molecular formula is C33H38ClN7O2. The molecule has 10 heteroatoms. The van der Waals surface area contributed by atoms with Crippen molar-refractivity contribution in [2.75, 3.05) is 69.3 Å². The van der Waals surface area contributed by atoms with Gasteiger partial charge in [0.2, 0.25) is 12.5 Å². The van der Waals surface area contributed by atoms with Crippen LogP contribution in [0.1, 0.15) is 24.6 Å². The van der Waals surface area contributed by atoms with Crippen LogP contribution in [0.15, 0.2) is 48.6 Å². The molecule has 0 bridgehead atoms. The van der Waals surface area contributed by atoms with E-state index in [9.17, 15) is 4.79 Å². The van der Waals surface area contributed by atoms with Crippen LogP contribution in [-0.4, -0.2) is 91.2 Å². The number of likely N-dealkylation sites (tertiary alicyclic amines) is 1. The number of anilines is 2. The van der Waals surface area contributed by atoms with Gasteiger partial charge in [0, 0.05) is 60.9 Å². The summed E-state index contributed by atoms with van der Waals surface area (Å²) in [6.07, 6.45) is 1.86. The molecular weight excluding hydrogens is 562 g/mol. The van der Waals surface area contributed by atoms with Gasteiger partial charge in [0.1, 0.15) is 11.9 Å². The molecule has 1 aromatic heterocycles. The summed E-state index contributed by atoms with van der Waals surface area (Å²) < 4.78 is 6.29. The first-order valence-corrected chi connectivity index (χ1v) is 15.4. The summed E-state index contributed by atoms with van der Waals surface area (Å²) in [7, 11) is 2.14. The number of ether oxygens (including phenoxy) is 1. The van der Waals surface area contributed by atoms with Gasteiger partial charge in [-0.05, 0) is 50.9 Å². The zero-order valence-corrected chi connectivity index (χ0v) is 25.7. The lowest BCUT2D eigenvalue weighted by Crippen LogP contribution is -2.57. The van der Waals surface area contributed by atoms with Gasteiger partial charge in [-0.1, -0.05) is 42.4 Å². The third-order valence-corrected chi connectivity index (χ3v) is 9.16. The van der Waals surface area contributed by atoms with Crippen LogP contribution in [-0.2, 0) is 17.8 Å². The van der Waals surface area contributed by atoms with Gasteiger partial charge in [0.15, 0.2) is 0 Å². The maximum atomic E-state index is 12.9. The summed E-state index contributed by atoms with van der Waals surface area (Å²) in [5.74, 6) is 1.21. The molecule has 0 N–H and O–H groups in total.